The molecule has 0 fully saturated rings. The molecular formula is C24H29FN6O. The largest absolute Gasteiger partial charge is 0.398 e. The van der Waals surface area contributed by atoms with Crippen LogP contribution in [0, 0.1) is 12.7 Å². The van der Waals surface area contributed by atoms with Crippen molar-refractivity contribution in [3.05, 3.63) is 59.9 Å². The summed E-state index contributed by atoms with van der Waals surface area (Å²) in [5.41, 5.74) is 10.8. The zero-order valence-electron chi connectivity index (χ0n) is 18.8. The molecule has 3 heterocycles. The number of nitrogens with zero attached hydrogens (tertiary/aromatic N) is 5. The summed E-state index contributed by atoms with van der Waals surface area (Å²) in [6.07, 6.45) is 8.68. The highest BCUT2D eigenvalue weighted by Crippen LogP contribution is 2.34. The number of benzene rings is 1. The van der Waals surface area contributed by atoms with Crippen molar-refractivity contribution in [1.82, 2.24) is 24.4 Å². The van der Waals surface area contributed by atoms with Crippen LogP contribution < -0.4 is 5.73 Å². The minimum atomic E-state index is -0.446. The highest BCUT2D eigenvalue weighted by Gasteiger charge is 2.23. The van der Waals surface area contributed by atoms with E-state index < -0.39 is 5.82 Å². The summed E-state index contributed by atoms with van der Waals surface area (Å²) in [5.74, 6) is -0.446. The lowest BCUT2D eigenvalue weighted by molar-refractivity contribution is 0.0470. The maximum absolute atomic E-state index is 15.4. The lowest BCUT2D eigenvalue weighted by Gasteiger charge is -2.18. The van der Waals surface area contributed by atoms with Crippen LogP contribution in [-0.2, 0) is 11.2 Å². The number of halogens is 1. The molecule has 32 heavy (non-hydrogen) atoms. The van der Waals surface area contributed by atoms with Crippen LogP contribution >= 0.6 is 0 Å². The molecule has 0 spiro atoms. The molecular weight excluding hydrogens is 407 g/mol. The number of fused-ring (bicyclic) bond motifs is 1. The highest BCUT2D eigenvalue weighted by molar-refractivity contribution is 5.79. The molecule has 0 saturated heterocycles. The molecule has 0 radical (unpaired) electrons. The molecule has 1 atom stereocenters. The summed E-state index contributed by atoms with van der Waals surface area (Å²) in [5, 5.41) is 7.71. The Kier molecular flexibility index (Phi) is 6.50. The molecule has 0 aliphatic heterocycles. The van der Waals surface area contributed by atoms with Crippen molar-refractivity contribution in [2.45, 2.75) is 52.6 Å². The first kappa shape index (κ1) is 22.0. The van der Waals surface area contributed by atoms with Crippen molar-refractivity contribution in [3.63, 3.8) is 0 Å². The average molecular weight is 437 g/mol. The lowest BCUT2D eigenvalue weighted by atomic mass is 10.0. The van der Waals surface area contributed by atoms with Gasteiger partial charge in [0.25, 0.3) is 0 Å². The van der Waals surface area contributed by atoms with Gasteiger partial charge in [0.1, 0.15) is 11.5 Å². The van der Waals surface area contributed by atoms with E-state index in [2.05, 4.69) is 24.2 Å². The number of rotatable bonds is 9. The number of imidazole rings is 1. The van der Waals surface area contributed by atoms with Gasteiger partial charge in [-0.25, -0.2) is 14.1 Å². The topological polar surface area (TPSA) is 83.3 Å². The number of anilines is 1. The number of nitrogen functional groups attached to an aromatic ring is 1. The number of aromatic nitrogens is 5. The second-order valence-corrected chi connectivity index (χ2v) is 8.06. The van der Waals surface area contributed by atoms with E-state index in [9.17, 15) is 0 Å². The lowest BCUT2D eigenvalue weighted by Crippen LogP contribution is -2.18. The molecule has 0 aliphatic carbocycles. The molecule has 2 N–H and O–H groups in total. The van der Waals surface area contributed by atoms with Gasteiger partial charge in [0, 0.05) is 31.0 Å². The maximum Gasteiger partial charge on any atom is 0.137 e. The smallest absolute Gasteiger partial charge is 0.137 e. The van der Waals surface area contributed by atoms with Gasteiger partial charge in [0.2, 0.25) is 0 Å². The molecule has 0 saturated carbocycles. The van der Waals surface area contributed by atoms with Crippen LogP contribution in [0.5, 0.6) is 0 Å². The van der Waals surface area contributed by atoms with Gasteiger partial charge < -0.3 is 14.9 Å². The van der Waals surface area contributed by atoms with Gasteiger partial charge in [-0.2, -0.15) is 0 Å². The van der Waals surface area contributed by atoms with Gasteiger partial charge in [0.05, 0.1) is 41.1 Å². The van der Waals surface area contributed by atoms with E-state index in [1.54, 1.807) is 12.3 Å². The maximum atomic E-state index is 15.4. The predicted octanol–water partition coefficient (Wildman–Crippen LogP) is 4.75. The standard InChI is InChI=1S/C24H29FN6O/c1-4-6-18(32-11-5-2)15-21-24(28-22-12-16(3)7-9-30(21)22)23-19(25)13-17(14-20(23)26)31-10-8-27-29-31/h7-10,12-14,18H,4-6,11,15,26H2,1-3H3. The zero-order chi connectivity index (χ0) is 22.7. The van der Waals surface area contributed by atoms with E-state index >= 15 is 4.39 Å². The molecule has 1 unspecified atom stereocenters. The molecule has 4 rings (SSSR count). The van der Waals surface area contributed by atoms with Crippen LogP contribution in [0.1, 0.15) is 44.4 Å². The first-order valence-corrected chi connectivity index (χ1v) is 11.1. The number of hydrogen-bond donors (Lipinski definition) is 1. The Morgan fingerprint density at radius 1 is 1.16 bits per heavy atom. The summed E-state index contributed by atoms with van der Waals surface area (Å²) >= 11 is 0. The van der Waals surface area contributed by atoms with Crippen molar-refractivity contribution in [1.29, 1.82) is 0 Å². The third-order valence-electron chi connectivity index (χ3n) is 5.50. The third-order valence-corrected chi connectivity index (χ3v) is 5.50. The van der Waals surface area contributed by atoms with Crippen molar-refractivity contribution in [2.24, 2.45) is 0 Å². The third kappa shape index (κ3) is 4.36. The molecule has 0 amide bonds. The van der Waals surface area contributed by atoms with Crippen molar-refractivity contribution in [2.75, 3.05) is 12.3 Å². The minimum Gasteiger partial charge on any atom is -0.398 e. The van der Waals surface area contributed by atoms with Crippen molar-refractivity contribution < 1.29 is 9.13 Å². The zero-order valence-corrected chi connectivity index (χ0v) is 18.8. The van der Waals surface area contributed by atoms with Crippen LogP contribution in [0.2, 0.25) is 0 Å². The fraction of sp³-hybridized carbons (Fsp3) is 0.375. The quantitative estimate of drug-likeness (QED) is 0.383. The summed E-state index contributed by atoms with van der Waals surface area (Å²) in [6, 6.07) is 7.13. The summed E-state index contributed by atoms with van der Waals surface area (Å²) < 4.78 is 25.1. The number of nitrogens with two attached hydrogens (primary N) is 1. The molecule has 1 aromatic carbocycles. The Morgan fingerprint density at radius 2 is 2.00 bits per heavy atom. The summed E-state index contributed by atoms with van der Waals surface area (Å²) in [4.78, 5) is 4.80. The Labute approximate surface area is 187 Å². The van der Waals surface area contributed by atoms with Crippen LogP contribution in [0.4, 0.5) is 10.1 Å². The number of aryl methyl sites for hydroxylation is 1. The molecule has 0 aliphatic rings. The van der Waals surface area contributed by atoms with Gasteiger partial charge in [-0.3, -0.25) is 0 Å². The predicted molar refractivity (Wildman–Crippen MR) is 123 cm³/mol. The molecule has 8 heteroatoms. The van der Waals surface area contributed by atoms with Gasteiger partial charge in [0.15, 0.2) is 0 Å². The summed E-state index contributed by atoms with van der Waals surface area (Å²) in [7, 11) is 0. The van der Waals surface area contributed by atoms with Gasteiger partial charge in [-0.05, 0) is 43.5 Å². The van der Waals surface area contributed by atoms with E-state index in [4.69, 9.17) is 15.5 Å². The van der Waals surface area contributed by atoms with Crippen LogP contribution in [0.3, 0.4) is 0 Å². The van der Waals surface area contributed by atoms with E-state index in [0.717, 1.165) is 36.2 Å². The molecule has 0 bridgehead atoms. The summed E-state index contributed by atoms with van der Waals surface area (Å²) in [6.45, 7) is 6.94. The number of hydrogen-bond acceptors (Lipinski definition) is 5. The fourth-order valence-electron chi connectivity index (χ4n) is 4.00. The average Bonchev–Trinajstić information content (AvgIpc) is 3.40. The van der Waals surface area contributed by atoms with E-state index in [1.165, 1.54) is 16.9 Å². The molecule has 3 aromatic heterocycles. The Bertz CT molecular complexity index is 1180. The monoisotopic (exact) mass is 436 g/mol. The van der Waals surface area contributed by atoms with Crippen LogP contribution in [0.25, 0.3) is 22.6 Å². The molecule has 4 aromatic rings. The van der Waals surface area contributed by atoms with E-state index in [0.29, 0.717) is 35.7 Å². The minimum absolute atomic E-state index is 0.0265. The second-order valence-electron chi connectivity index (χ2n) is 8.06. The Hall–Kier alpha value is -3.26. The number of pyridine rings is 1. The fourth-order valence-corrected chi connectivity index (χ4v) is 4.00. The van der Waals surface area contributed by atoms with E-state index in [1.807, 2.05) is 29.7 Å². The van der Waals surface area contributed by atoms with Crippen LogP contribution in [-0.4, -0.2) is 37.1 Å². The van der Waals surface area contributed by atoms with Gasteiger partial charge >= 0.3 is 0 Å². The van der Waals surface area contributed by atoms with Crippen molar-refractivity contribution in [3.8, 4) is 16.9 Å². The van der Waals surface area contributed by atoms with Crippen LogP contribution in [0.15, 0.2) is 42.9 Å². The first-order chi connectivity index (χ1) is 15.5. The Morgan fingerprint density at radius 3 is 2.69 bits per heavy atom. The van der Waals surface area contributed by atoms with E-state index in [-0.39, 0.29) is 6.10 Å². The first-order valence-electron chi connectivity index (χ1n) is 11.1. The van der Waals surface area contributed by atoms with Gasteiger partial charge in [-0.1, -0.05) is 25.5 Å². The SMILES string of the molecule is CCCOC(CCC)Cc1c(-c2c(N)cc(-n3ccnn3)cc2F)nc2cc(C)ccn12. The highest BCUT2D eigenvalue weighted by atomic mass is 19.1. The Balaban J connectivity index is 1.84. The molecule has 7 nitrogen and oxygen atoms in total. The second kappa shape index (κ2) is 9.48. The number of ether oxygens (including phenoxy) is 1. The van der Waals surface area contributed by atoms with Gasteiger partial charge in [-0.15, -0.1) is 5.10 Å². The molecule has 168 valence electrons. The van der Waals surface area contributed by atoms with Crippen molar-refractivity contribution >= 4 is 11.3 Å². The normalized spacial score (nSPS) is 12.5.